The van der Waals surface area contributed by atoms with Gasteiger partial charge in [-0.2, -0.15) is 0 Å². The van der Waals surface area contributed by atoms with Crippen LogP contribution in [0.5, 0.6) is 0 Å². The maximum Gasteiger partial charge on any atom is 0.254 e. The summed E-state index contributed by atoms with van der Waals surface area (Å²) in [6.07, 6.45) is 5.68. The minimum absolute atomic E-state index is 0.0625. The molecule has 37 heavy (non-hydrogen) atoms. The van der Waals surface area contributed by atoms with Crippen LogP contribution in [0.4, 0.5) is 5.69 Å². The molecule has 3 heterocycles. The van der Waals surface area contributed by atoms with E-state index in [2.05, 4.69) is 75.8 Å². The number of benzene rings is 3. The van der Waals surface area contributed by atoms with Gasteiger partial charge < -0.3 is 19.9 Å². The Bertz CT molecular complexity index is 1180. The van der Waals surface area contributed by atoms with E-state index in [4.69, 9.17) is 4.74 Å². The number of carbonyl (C=O) groups excluding carboxylic acids is 1. The molecule has 1 N–H and O–H groups in total. The topological polar surface area (TPSA) is 44.8 Å². The van der Waals surface area contributed by atoms with Gasteiger partial charge in [-0.05, 0) is 67.1 Å². The van der Waals surface area contributed by atoms with Crippen LogP contribution < -0.4 is 10.2 Å². The average molecular weight is 496 g/mol. The van der Waals surface area contributed by atoms with Gasteiger partial charge in [0.1, 0.15) is 6.10 Å². The van der Waals surface area contributed by atoms with Crippen LogP contribution in [0.15, 0.2) is 78.9 Å². The van der Waals surface area contributed by atoms with E-state index in [-0.39, 0.29) is 12.0 Å². The Balaban J connectivity index is 1.10. The minimum atomic E-state index is -0.0625. The van der Waals surface area contributed by atoms with Crippen LogP contribution in [0.1, 0.15) is 65.3 Å². The molecule has 2 fully saturated rings. The number of anilines is 1. The van der Waals surface area contributed by atoms with Crippen molar-refractivity contribution >= 4 is 11.6 Å². The Morgan fingerprint density at radius 3 is 2.30 bits per heavy atom. The van der Waals surface area contributed by atoms with Gasteiger partial charge in [0, 0.05) is 43.0 Å². The largest absolute Gasteiger partial charge is 0.371 e. The lowest BCUT2D eigenvalue weighted by Gasteiger charge is -2.38. The lowest BCUT2D eigenvalue weighted by molar-refractivity contribution is 0.0566. The number of rotatable bonds is 7. The van der Waals surface area contributed by atoms with Crippen molar-refractivity contribution in [2.45, 2.75) is 56.8 Å². The second-order valence-electron chi connectivity index (χ2n) is 10.7. The molecular formula is C32H37N3O2. The first-order chi connectivity index (χ1) is 18.3. The van der Waals surface area contributed by atoms with E-state index >= 15 is 0 Å². The summed E-state index contributed by atoms with van der Waals surface area (Å²) >= 11 is 0. The predicted molar refractivity (Wildman–Crippen MR) is 148 cm³/mol. The first kappa shape index (κ1) is 24.2. The molecule has 2 unspecified atom stereocenters. The first-order valence-corrected chi connectivity index (χ1v) is 13.9. The molecule has 0 bridgehead atoms. The van der Waals surface area contributed by atoms with Crippen LogP contribution in [-0.2, 0) is 11.3 Å². The molecule has 0 radical (unpaired) electrons. The third-order valence-corrected chi connectivity index (χ3v) is 8.29. The van der Waals surface area contributed by atoms with Crippen LogP contribution in [0.25, 0.3) is 0 Å². The molecule has 2 saturated heterocycles. The Labute approximate surface area is 220 Å². The standard InChI is InChI=1S/C32H37N3O2/c36-32-30-12-5-4-10-26(30)22-35(32)29-17-20-34(21-18-29)28-15-13-25(14-16-28)31(24-8-2-1-3-9-24)37-23-27-11-6-7-19-33-27/h1-5,8-10,12-16,27,29,31,33H,6-7,11,17-23H2. The van der Waals surface area contributed by atoms with Gasteiger partial charge in [0.2, 0.25) is 0 Å². The van der Waals surface area contributed by atoms with E-state index in [1.807, 2.05) is 18.2 Å². The zero-order valence-electron chi connectivity index (χ0n) is 21.5. The van der Waals surface area contributed by atoms with Crippen molar-refractivity contribution in [1.82, 2.24) is 10.2 Å². The van der Waals surface area contributed by atoms with Gasteiger partial charge in [-0.1, -0.05) is 67.1 Å². The van der Waals surface area contributed by atoms with Crippen molar-refractivity contribution in [3.05, 3.63) is 101 Å². The van der Waals surface area contributed by atoms with Crippen molar-refractivity contribution in [3.63, 3.8) is 0 Å². The molecule has 3 aromatic carbocycles. The van der Waals surface area contributed by atoms with Gasteiger partial charge >= 0.3 is 0 Å². The minimum Gasteiger partial charge on any atom is -0.371 e. The number of nitrogens with zero attached hydrogens (tertiary/aromatic N) is 2. The molecule has 192 valence electrons. The molecule has 2 atom stereocenters. The number of hydrogen-bond donors (Lipinski definition) is 1. The van der Waals surface area contributed by atoms with Crippen LogP contribution in [0.2, 0.25) is 0 Å². The summed E-state index contributed by atoms with van der Waals surface area (Å²) < 4.78 is 6.53. The van der Waals surface area contributed by atoms with Gasteiger partial charge in [0.25, 0.3) is 5.91 Å². The molecule has 5 nitrogen and oxygen atoms in total. The van der Waals surface area contributed by atoms with Crippen molar-refractivity contribution in [1.29, 1.82) is 0 Å². The summed E-state index contributed by atoms with van der Waals surface area (Å²) in [5.41, 5.74) is 5.69. The molecule has 5 heteroatoms. The molecule has 3 aliphatic heterocycles. The fraction of sp³-hybridized carbons (Fsp3) is 0.406. The Morgan fingerprint density at radius 1 is 0.838 bits per heavy atom. The molecule has 0 spiro atoms. The summed E-state index contributed by atoms with van der Waals surface area (Å²) in [7, 11) is 0. The van der Waals surface area contributed by atoms with Crippen molar-refractivity contribution in [3.8, 4) is 0 Å². The SMILES string of the molecule is O=C1c2ccccc2CN1C1CCN(c2ccc(C(OCC3CCCCN3)c3ccccc3)cc2)CC1. The molecule has 1 amide bonds. The van der Waals surface area contributed by atoms with Crippen molar-refractivity contribution in [2.75, 3.05) is 31.1 Å². The number of fused-ring (bicyclic) bond motifs is 1. The average Bonchev–Trinajstić information content (AvgIpc) is 3.31. The molecule has 0 aromatic heterocycles. The molecule has 3 aliphatic rings. The second kappa shape index (κ2) is 11.1. The van der Waals surface area contributed by atoms with Gasteiger partial charge in [0.05, 0.1) is 6.61 Å². The predicted octanol–water partition coefficient (Wildman–Crippen LogP) is 5.56. The third kappa shape index (κ3) is 5.29. The Kier molecular flexibility index (Phi) is 7.25. The van der Waals surface area contributed by atoms with E-state index in [1.165, 1.54) is 41.6 Å². The van der Waals surface area contributed by atoms with E-state index in [1.54, 1.807) is 0 Å². The fourth-order valence-electron chi connectivity index (χ4n) is 6.16. The number of ether oxygens (including phenoxy) is 1. The van der Waals surface area contributed by atoms with Crippen LogP contribution in [-0.4, -0.2) is 49.1 Å². The normalized spacial score (nSPS) is 21.2. The van der Waals surface area contributed by atoms with Crippen LogP contribution >= 0.6 is 0 Å². The maximum absolute atomic E-state index is 12.9. The fourth-order valence-corrected chi connectivity index (χ4v) is 6.16. The summed E-state index contributed by atoms with van der Waals surface area (Å²) in [6.45, 7) is 4.51. The zero-order valence-corrected chi connectivity index (χ0v) is 21.5. The van der Waals surface area contributed by atoms with E-state index in [9.17, 15) is 4.79 Å². The van der Waals surface area contributed by atoms with Gasteiger partial charge in [0.15, 0.2) is 0 Å². The highest BCUT2D eigenvalue weighted by molar-refractivity contribution is 5.98. The van der Waals surface area contributed by atoms with Crippen LogP contribution in [0.3, 0.4) is 0 Å². The summed E-state index contributed by atoms with van der Waals surface area (Å²) in [5.74, 6) is 0.203. The van der Waals surface area contributed by atoms with E-state index in [0.29, 0.717) is 12.1 Å². The molecule has 3 aromatic rings. The number of nitrogens with one attached hydrogen (secondary N) is 1. The quantitative estimate of drug-likeness (QED) is 0.466. The zero-order chi connectivity index (χ0) is 25.0. The van der Waals surface area contributed by atoms with Crippen molar-refractivity contribution in [2.24, 2.45) is 0 Å². The molecule has 0 saturated carbocycles. The number of carbonyl (C=O) groups is 1. The summed E-state index contributed by atoms with van der Waals surface area (Å²) in [5, 5.41) is 3.60. The summed E-state index contributed by atoms with van der Waals surface area (Å²) in [6, 6.07) is 28.3. The van der Waals surface area contributed by atoms with E-state index in [0.717, 1.165) is 51.2 Å². The van der Waals surface area contributed by atoms with Gasteiger partial charge in [-0.3, -0.25) is 4.79 Å². The van der Waals surface area contributed by atoms with E-state index < -0.39 is 0 Å². The maximum atomic E-state index is 12.9. The lowest BCUT2D eigenvalue weighted by atomic mass is 9.99. The molecule has 0 aliphatic carbocycles. The Hall–Kier alpha value is -3.15. The highest BCUT2D eigenvalue weighted by atomic mass is 16.5. The lowest BCUT2D eigenvalue weighted by Crippen LogP contribution is -2.45. The number of piperidine rings is 2. The van der Waals surface area contributed by atoms with Crippen molar-refractivity contribution < 1.29 is 9.53 Å². The van der Waals surface area contributed by atoms with Gasteiger partial charge in [-0.15, -0.1) is 0 Å². The number of hydrogen-bond acceptors (Lipinski definition) is 4. The highest BCUT2D eigenvalue weighted by Gasteiger charge is 2.34. The van der Waals surface area contributed by atoms with Crippen LogP contribution in [0, 0.1) is 0 Å². The first-order valence-electron chi connectivity index (χ1n) is 13.9. The molecule has 6 rings (SSSR count). The summed E-state index contributed by atoms with van der Waals surface area (Å²) in [4.78, 5) is 17.5. The number of amides is 1. The third-order valence-electron chi connectivity index (χ3n) is 8.29. The highest BCUT2D eigenvalue weighted by Crippen LogP contribution is 2.32. The second-order valence-corrected chi connectivity index (χ2v) is 10.7. The monoisotopic (exact) mass is 495 g/mol. The molecular weight excluding hydrogens is 458 g/mol. The Morgan fingerprint density at radius 2 is 1.57 bits per heavy atom. The smallest absolute Gasteiger partial charge is 0.254 e. The van der Waals surface area contributed by atoms with Gasteiger partial charge in [-0.25, -0.2) is 0 Å².